The van der Waals surface area contributed by atoms with Gasteiger partial charge in [-0.2, -0.15) is 0 Å². The van der Waals surface area contributed by atoms with Crippen molar-refractivity contribution in [1.29, 1.82) is 0 Å². The molecule has 0 aliphatic carbocycles. The second-order valence-electron chi connectivity index (χ2n) is 2.89. The van der Waals surface area contributed by atoms with Gasteiger partial charge in [0.1, 0.15) is 5.75 Å². The maximum Gasteiger partial charge on any atom is 0.118 e. The van der Waals surface area contributed by atoms with Crippen LogP contribution in [0.3, 0.4) is 0 Å². The summed E-state index contributed by atoms with van der Waals surface area (Å²) in [6, 6.07) is 7.04. The Bertz CT molecular complexity index is 293. The monoisotopic (exact) mass is 196 g/mol. The molecule has 0 amide bonds. The van der Waals surface area contributed by atoms with E-state index in [2.05, 4.69) is 0 Å². The quantitative estimate of drug-likeness (QED) is 0.802. The molecule has 2 nitrogen and oxygen atoms in total. The third kappa shape index (κ3) is 2.85. The van der Waals surface area contributed by atoms with Crippen molar-refractivity contribution in [2.75, 3.05) is 7.11 Å². The molecule has 0 saturated heterocycles. The van der Waals surface area contributed by atoms with Crippen LogP contribution in [0.25, 0.3) is 0 Å². The molecule has 0 aromatic heterocycles. The van der Waals surface area contributed by atoms with E-state index in [0.29, 0.717) is 6.33 Å². The first-order valence-corrected chi connectivity index (χ1v) is 4.35. The summed E-state index contributed by atoms with van der Waals surface area (Å²) in [5.41, 5.74) is 0.754. The van der Waals surface area contributed by atoms with E-state index in [1.165, 1.54) is 6.08 Å². The average molecular weight is 196 g/mol. The van der Waals surface area contributed by atoms with Gasteiger partial charge in [0.15, 0.2) is 0 Å². The largest absolute Gasteiger partial charge is 0.497 e. The van der Waals surface area contributed by atoms with Crippen LogP contribution in [-0.4, -0.2) is 12.2 Å². The van der Waals surface area contributed by atoms with E-state index in [9.17, 15) is 9.50 Å². The smallest absolute Gasteiger partial charge is 0.118 e. The van der Waals surface area contributed by atoms with Crippen LogP contribution < -0.4 is 4.74 Å². The molecular weight excluding hydrogens is 183 g/mol. The van der Waals surface area contributed by atoms with E-state index in [1.807, 2.05) is 0 Å². The second-order valence-corrected chi connectivity index (χ2v) is 2.89. The molecule has 0 saturated carbocycles. The highest BCUT2D eigenvalue weighted by Gasteiger charge is 2.04. The van der Waals surface area contributed by atoms with Crippen LogP contribution in [0.4, 0.5) is 4.39 Å². The van der Waals surface area contributed by atoms with Gasteiger partial charge in [-0.05, 0) is 24.1 Å². The molecule has 3 heteroatoms. The fourth-order valence-electron chi connectivity index (χ4n) is 1.14. The van der Waals surface area contributed by atoms with Crippen molar-refractivity contribution in [2.24, 2.45) is 0 Å². The maximum atomic E-state index is 11.7. The van der Waals surface area contributed by atoms with E-state index in [4.69, 9.17) is 4.74 Å². The lowest BCUT2D eigenvalue weighted by Crippen LogP contribution is -1.95. The third-order valence-electron chi connectivity index (χ3n) is 1.95. The van der Waals surface area contributed by atoms with Crippen molar-refractivity contribution >= 4 is 0 Å². The fraction of sp³-hybridized carbons (Fsp3) is 0.273. The zero-order valence-electron chi connectivity index (χ0n) is 7.98. The number of rotatable bonds is 4. The summed E-state index contributed by atoms with van der Waals surface area (Å²) in [4.78, 5) is 0. The number of ether oxygens (including phenoxy) is 1. The summed E-state index contributed by atoms with van der Waals surface area (Å²) >= 11 is 0. The number of hydrogen-bond acceptors (Lipinski definition) is 2. The molecule has 14 heavy (non-hydrogen) atoms. The Morgan fingerprint density at radius 3 is 2.57 bits per heavy atom. The molecule has 0 aliphatic heterocycles. The summed E-state index contributed by atoms with van der Waals surface area (Å²) in [5, 5.41) is 9.56. The van der Waals surface area contributed by atoms with Crippen LogP contribution in [0, 0.1) is 0 Å². The van der Waals surface area contributed by atoms with Gasteiger partial charge in [-0.25, -0.2) is 4.39 Å². The van der Waals surface area contributed by atoms with Gasteiger partial charge in [-0.1, -0.05) is 18.2 Å². The van der Waals surface area contributed by atoms with Crippen molar-refractivity contribution in [3.63, 3.8) is 0 Å². The second kappa shape index (κ2) is 5.40. The van der Waals surface area contributed by atoms with E-state index in [1.54, 1.807) is 31.4 Å². The van der Waals surface area contributed by atoms with E-state index in [0.717, 1.165) is 11.3 Å². The van der Waals surface area contributed by atoms with Crippen LogP contribution in [0.2, 0.25) is 0 Å². The molecule has 1 atom stereocenters. The van der Waals surface area contributed by atoms with Gasteiger partial charge in [-0.3, -0.25) is 0 Å². The summed E-state index contributed by atoms with van der Waals surface area (Å²) in [6.07, 6.45) is 1.35. The first-order valence-electron chi connectivity index (χ1n) is 4.35. The molecular formula is C11H13FO2. The summed E-state index contributed by atoms with van der Waals surface area (Å²) in [6.45, 7) is 0. The molecule has 1 N–H and O–H groups in total. The van der Waals surface area contributed by atoms with E-state index < -0.39 is 6.10 Å². The molecule has 76 valence electrons. The lowest BCUT2D eigenvalue weighted by Gasteiger charge is -2.08. The van der Waals surface area contributed by atoms with Gasteiger partial charge in [0.05, 0.1) is 19.5 Å². The van der Waals surface area contributed by atoms with Crippen LogP contribution in [0.5, 0.6) is 5.75 Å². The minimum Gasteiger partial charge on any atom is -0.497 e. The van der Waals surface area contributed by atoms with Gasteiger partial charge in [0.2, 0.25) is 0 Å². The molecule has 0 fully saturated rings. The number of halogens is 1. The van der Waals surface area contributed by atoms with Crippen molar-refractivity contribution < 1.29 is 14.2 Å². The fourth-order valence-corrected chi connectivity index (χ4v) is 1.14. The summed E-state index contributed by atoms with van der Waals surface area (Å²) in [7, 11) is 1.58. The van der Waals surface area contributed by atoms with Crippen LogP contribution in [-0.2, 0) is 0 Å². The topological polar surface area (TPSA) is 29.5 Å². The molecule has 1 rings (SSSR count). The van der Waals surface area contributed by atoms with Gasteiger partial charge in [0, 0.05) is 0 Å². The Morgan fingerprint density at radius 2 is 2.07 bits per heavy atom. The molecule has 0 bridgehead atoms. The highest BCUT2D eigenvalue weighted by atomic mass is 19.1. The molecule has 0 radical (unpaired) electrons. The molecule has 0 heterocycles. The van der Waals surface area contributed by atoms with Crippen molar-refractivity contribution in [3.05, 3.63) is 42.2 Å². The zero-order chi connectivity index (χ0) is 10.4. The number of aliphatic hydroxyl groups is 1. The Kier molecular flexibility index (Phi) is 4.13. The molecule has 0 unspecified atom stereocenters. The third-order valence-corrected chi connectivity index (χ3v) is 1.95. The van der Waals surface area contributed by atoms with Gasteiger partial charge in [-0.15, -0.1) is 0 Å². The SMILES string of the molecule is COc1ccc([C@H](O)C/C=C\F)cc1. The van der Waals surface area contributed by atoms with Gasteiger partial charge >= 0.3 is 0 Å². The standard InChI is InChI=1S/C11H13FO2/c1-14-10-6-4-9(5-7-10)11(13)3-2-8-12/h2,4-8,11,13H,3H2,1H3/b8-2-/t11-/m1/s1. The predicted molar refractivity (Wildman–Crippen MR) is 52.8 cm³/mol. The number of hydrogen-bond donors (Lipinski definition) is 1. The van der Waals surface area contributed by atoms with Crippen molar-refractivity contribution in [3.8, 4) is 5.75 Å². The number of benzene rings is 1. The minimum absolute atomic E-state index is 0.281. The molecule has 0 spiro atoms. The number of aliphatic hydroxyl groups excluding tert-OH is 1. The van der Waals surface area contributed by atoms with E-state index >= 15 is 0 Å². The number of methoxy groups -OCH3 is 1. The molecule has 1 aromatic rings. The Morgan fingerprint density at radius 1 is 1.43 bits per heavy atom. The van der Waals surface area contributed by atoms with Crippen LogP contribution in [0.15, 0.2) is 36.7 Å². The zero-order valence-corrected chi connectivity index (χ0v) is 7.98. The van der Waals surface area contributed by atoms with E-state index in [-0.39, 0.29) is 6.42 Å². The predicted octanol–water partition coefficient (Wildman–Crippen LogP) is 2.60. The lowest BCUT2D eigenvalue weighted by atomic mass is 10.1. The maximum absolute atomic E-state index is 11.7. The van der Waals surface area contributed by atoms with Crippen molar-refractivity contribution in [2.45, 2.75) is 12.5 Å². The first-order chi connectivity index (χ1) is 6.77. The normalized spacial score (nSPS) is 13.1. The van der Waals surface area contributed by atoms with Crippen molar-refractivity contribution in [1.82, 2.24) is 0 Å². The highest BCUT2D eigenvalue weighted by Crippen LogP contribution is 2.20. The Labute approximate surface area is 82.6 Å². The molecule has 0 aliphatic rings. The van der Waals surface area contributed by atoms with Crippen LogP contribution >= 0.6 is 0 Å². The van der Waals surface area contributed by atoms with Gasteiger partial charge < -0.3 is 9.84 Å². The Hall–Kier alpha value is -1.35. The first kappa shape index (κ1) is 10.7. The van der Waals surface area contributed by atoms with Crippen LogP contribution in [0.1, 0.15) is 18.1 Å². The summed E-state index contributed by atoms with van der Waals surface area (Å²) in [5.74, 6) is 0.738. The Balaban J connectivity index is 2.66. The minimum atomic E-state index is -0.659. The average Bonchev–Trinajstić information content (AvgIpc) is 2.26. The highest BCUT2D eigenvalue weighted by molar-refractivity contribution is 5.28. The van der Waals surface area contributed by atoms with Gasteiger partial charge in [0.25, 0.3) is 0 Å². The lowest BCUT2D eigenvalue weighted by molar-refractivity contribution is 0.181. The molecule has 1 aromatic carbocycles. The summed E-state index contributed by atoms with van der Waals surface area (Å²) < 4.78 is 16.7.